The van der Waals surface area contributed by atoms with Gasteiger partial charge in [-0.05, 0) is 0 Å². The van der Waals surface area contributed by atoms with Crippen LogP contribution in [0.1, 0.15) is 26.7 Å². The van der Waals surface area contributed by atoms with Gasteiger partial charge in [-0.15, -0.1) is 0 Å². The fourth-order valence-corrected chi connectivity index (χ4v) is 4.34. The second-order valence-corrected chi connectivity index (χ2v) is 8.36. The quantitative estimate of drug-likeness (QED) is 0.138. The predicted octanol–water partition coefficient (Wildman–Crippen LogP) is -0.514. The average Bonchev–Trinajstić information content (AvgIpc) is 2.61. The van der Waals surface area contributed by atoms with Crippen LogP contribution < -0.4 is 22.1 Å². The zero-order valence-corrected chi connectivity index (χ0v) is 18.3. The largest absolute Gasteiger partial charge is 0.465 e. The van der Waals surface area contributed by atoms with E-state index >= 15 is 0 Å². The first kappa shape index (κ1) is 27.5. The molecule has 2 unspecified atom stereocenters. The maximum Gasteiger partial charge on any atom is 0.312 e. The number of rotatable bonds is 15. The maximum atomic E-state index is 12.2. The van der Waals surface area contributed by atoms with Gasteiger partial charge in [-0.1, -0.05) is 21.6 Å². The molecule has 0 spiro atoms. The molecule has 0 aliphatic heterocycles. The van der Waals surface area contributed by atoms with Crippen LogP contribution in [-0.4, -0.2) is 72.4 Å². The molecule has 170 valence electrons. The molecule has 0 aromatic carbocycles. The van der Waals surface area contributed by atoms with Crippen LogP contribution in [0.5, 0.6) is 0 Å². The van der Waals surface area contributed by atoms with Crippen LogP contribution in [0.4, 0.5) is 9.59 Å². The minimum absolute atomic E-state index is 0.101. The van der Waals surface area contributed by atoms with Gasteiger partial charge in [0.15, 0.2) is 11.6 Å². The van der Waals surface area contributed by atoms with E-state index in [2.05, 4.69) is 10.6 Å². The summed E-state index contributed by atoms with van der Waals surface area (Å²) >= 11 is 0. The van der Waals surface area contributed by atoms with Gasteiger partial charge in [0, 0.05) is 38.2 Å². The van der Waals surface area contributed by atoms with E-state index in [0.29, 0.717) is 0 Å². The SMILES string of the molecule is CC(=O)OCCC(=O)C(CSSCC(NC(N)=O)C(=O)CCOC(C)=O)NC(N)=O. The van der Waals surface area contributed by atoms with Crippen molar-refractivity contribution in [3.63, 3.8) is 0 Å². The van der Waals surface area contributed by atoms with Crippen molar-refractivity contribution < 1.29 is 38.2 Å². The summed E-state index contributed by atoms with van der Waals surface area (Å²) in [5, 5.41) is 4.62. The number of carbonyl (C=O) groups is 6. The number of esters is 2. The molecule has 0 saturated carbocycles. The van der Waals surface area contributed by atoms with Crippen molar-refractivity contribution >= 4 is 57.2 Å². The summed E-state index contributed by atoms with van der Waals surface area (Å²) in [6.45, 7) is 2.18. The lowest BCUT2D eigenvalue weighted by Gasteiger charge is -2.18. The van der Waals surface area contributed by atoms with Crippen molar-refractivity contribution in [3.8, 4) is 0 Å². The summed E-state index contributed by atoms with van der Waals surface area (Å²) in [6.07, 6.45) is -0.202. The van der Waals surface area contributed by atoms with Crippen molar-refractivity contribution in [1.82, 2.24) is 10.6 Å². The van der Waals surface area contributed by atoms with Crippen LogP contribution in [-0.2, 0) is 28.7 Å². The number of carbonyl (C=O) groups excluding carboxylic acids is 6. The molecule has 6 N–H and O–H groups in total. The lowest BCUT2D eigenvalue weighted by atomic mass is 10.1. The summed E-state index contributed by atoms with van der Waals surface area (Å²) in [6, 6.07) is -3.61. The smallest absolute Gasteiger partial charge is 0.312 e. The average molecular weight is 467 g/mol. The molecule has 0 saturated heterocycles. The van der Waals surface area contributed by atoms with Gasteiger partial charge in [0.05, 0.1) is 25.3 Å². The summed E-state index contributed by atoms with van der Waals surface area (Å²) in [5.41, 5.74) is 10.2. The molecule has 30 heavy (non-hydrogen) atoms. The van der Waals surface area contributed by atoms with Crippen LogP contribution in [0, 0.1) is 0 Å². The lowest BCUT2D eigenvalue weighted by Crippen LogP contribution is -2.46. The number of hydrogen-bond acceptors (Lipinski definition) is 10. The number of urea groups is 2. The third-order valence-corrected chi connectivity index (χ3v) is 5.69. The highest BCUT2D eigenvalue weighted by molar-refractivity contribution is 8.76. The molecule has 14 heteroatoms. The Kier molecular flexibility index (Phi) is 14.1. The Hall–Kier alpha value is -2.48. The minimum atomic E-state index is -0.919. The van der Waals surface area contributed by atoms with E-state index in [1.807, 2.05) is 0 Å². The van der Waals surface area contributed by atoms with Crippen molar-refractivity contribution in [2.24, 2.45) is 11.5 Å². The van der Waals surface area contributed by atoms with E-state index in [1.54, 1.807) is 0 Å². The molecule has 0 bridgehead atoms. The van der Waals surface area contributed by atoms with Gasteiger partial charge in [-0.2, -0.15) is 0 Å². The second kappa shape index (κ2) is 15.4. The Morgan fingerprint density at radius 3 is 1.33 bits per heavy atom. The molecule has 0 aliphatic carbocycles. The summed E-state index contributed by atoms with van der Waals surface area (Å²) in [5.74, 6) is -1.58. The van der Waals surface area contributed by atoms with E-state index in [0.717, 1.165) is 21.6 Å². The van der Waals surface area contributed by atoms with Crippen LogP contribution in [0.2, 0.25) is 0 Å². The third-order valence-electron chi connectivity index (χ3n) is 3.27. The van der Waals surface area contributed by atoms with Gasteiger partial charge >= 0.3 is 24.0 Å². The molecule has 0 aromatic heterocycles. The van der Waals surface area contributed by atoms with Crippen LogP contribution >= 0.6 is 21.6 Å². The fraction of sp³-hybridized carbons (Fsp3) is 0.625. The predicted molar refractivity (Wildman–Crippen MR) is 110 cm³/mol. The Balaban J connectivity index is 4.60. The topological polar surface area (TPSA) is 197 Å². The number of nitrogens with one attached hydrogen (secondary N) is 2. The van der Waals surface area contributed by atoms with E-state index in [9.17, 15) is 28.8 Å². The van der Waals surface area contributed by atoms with E-state index in [1.165, 1.54) is 13.8 Å². The number of hydrogen-bond donors (Lipinski definition) is 4. The van der Waals surface area contributed by atoms with Gasteiger partial charge in [0.25, 0.3) is 0 Å². The Labute approximate surface area is 181 Å². The monoisotopic (exact) mass is 466 g/mol. The maximum absolute atomic E-state index is 12.2. The van der Waals surface area contributed by atoms with Crippen molar-refractivity contribution in [2.45, 2.75) is 38.8 Å². The molecule has 0 aliphatic rings. The number of ether oxygens (including phenoxy) is 2. The number of Topliss-reactive ketones (excluding diaryl/α,β-unsaturated/α-hetero) is 2. The molecular weight excluding hydrogens is 440 g/mol. The van der Waals surface area contributed by atoms with Gasteiger partial charge < -0.3 is 31.6 Å². The number of amides is 4. The zero-order chi connectivity index (χ0) is 23.1. The molecule has 0 rings (SSSR count). The molecule has 0 radical (unpaired) electrons. The van der Waals surface area contributed by atoms with Gasteiger partial charge in [0.1, 0.15) is 0 Å². The molecule has 12 nitrogen and oxygen atoms in total. The van der Waals surface area contributed by atoms with Crippen LogP contribution in [0.25, 0.3) is 0 Å². The summed E-state index contributed by atoms with van der Waals surface area (Å²) in [4.78, 5) is 68.1. The van der Waals surface area contributed by atoms with Crippen molar-refractivity contribution in [3.05, 3.63) is 0 Å². The summed E-state index contributed by atoms with van der Waals surface area (Å²) < 4.78 is 9.40. The second-order valence-electron chi connectivity index (χ2n) is 5.80. The Bertz CT molecular complexity index is 593. The zero-order valence-electron chi connectivity index (χ0n) is 16.6. The van der Waals surface area contributed by atoms with E-state index in [4.69, 9.17) is 20.9 Å². The van der Waals surface area contributed by atoms with Crippen LogP contribution in [0.15, 0.2) is 0 Å². The highest BCUT2D eigenvalue weighted by atomic mass is 33.1. The third kappa shape index (κ3) is 14.5. The summed E-state index contributed by atoms with van der Waals surface area (Å²) in [7, 11) is 2.32. The highest BCUT2D eigenvalue weighted by Crippen LogP contribution is 2.24. The molecule has 0 fully saturated rings. The van der Waals surface area contributed by atoms with Crippen molar-refractivity contribution in [2.75, 3.05) is 24.7 Å². The highest BCUT2D eigenvalue weighted by Gasteiger charge is 2.23. The van der Waals surface area contributed by atoms with E-state index in [-0.39, 0.29) is 49.1 Å². The normalized spacial score (nSPS) is 12.2. The molecule has 2 atom stereocenters. The van der Waals surface area contributed by atoms with Crippen molar-refractivity contribution in [1.29, 1.82) is 0 Å². The lowest BCUT2D eigenvalue weighted by molar-refractivity contribution is -0.143. The number of ketones is 2. The van der Waals surface area contributed by atoms with Gasteiger partial charge in [-0.25, -0.2) is 9.59 Å². The molecular formula is C16H26N4O8S2. The first-order valence-corrected chi connectivity index (χ1v) is 11.2. The Morgan fingerprint density at radius 1 is 0.733 bits per heavy atom. The molecule has 4 amide bonds. The number of primary amides is 2. The van der Waals surface area contributed by atoms with Gasteiger partial charge in [0.2, 0.25) is 0 Å². The van der Waals surface area contributed by atoms with Gasteiger partial charge in [-0.3, -0.25) is 19.2 Å². The minimum Gasteiger partial charge on any atom is -0.465 e. The molecule has 0 aromatic rings. The van der Waals surface area contributed by atoms with Crippen LogP contribution in [0.3, 0.4) is 0 Å². The standard InChI is InChI=1S/C16H26N4O8S2/c1-9(21)27-5-3-13(23)11(19-15(17)25)7-29-30-8-12(20-16(18)26)14(24)4-6-28-10(2)22/h11-12H,3-8H2,1-2H3,(H3,17,19,25)(H3,18,20,26). The van der Waals surface area contributed by atoms with E-state index < -0.39 is 36.1 Å². The molecule has 0 heterocycles. The Morgan fingerprint density at radius 2 is 1.07 bits per heavy atom. The first-order chi connectivity index (χ1) is 14.0. The fourth-order valence-electron chi connectivity index (χ4n) is 1.95. The number of nitrogens with two attached hydrogens (primary N) is 2. The first-order valence-electron chi connectivity index (χ1n) is 8.71.